The molecule has 2 aromatic carbocycles. The molecular formula is C29H31N3O4S. The molecular weight excluding hydrogens is 486 g/mol. The number of aromatic nitrogens is 2. The van der Waals surface area contributed by atoms with E-state index < -0.39 is 5.92 Å². The van der Waals surface area contributed by atoms with Crippen molar-refractivity contribution in [2.24, 2.45) is 0 Å². The lowest BCUT2D eigenvalue weighted by Gasteiger charge is -2.32. The smallest absolute Gasteiger partial charge is 0.272 e. The minimum Gasteiger partial charge on any atom is -0.493 e. The van der Waals surface area contributed by atoms with Crippen molar-refractivity contribution in [1.29, 1.82) is 0 Å². The van der Waals surface area contributed by atoms with Gasteiger partial charge in [-0.2, -0.15) is 5.10 Å². The Morgan fingerprint density at radius 2 is 1.89 bits per heavy atom. The van der Waals surface area contributed by atoms with Gasteiger partial charge in [-0.25, -0.2) is 5.10 Å². The second-order valence-electron chi connectivity index (χ2n) is 9.46. The van der Waals surface area contributed by atoms with Gasteiger partial charge in [0.1, 0.15) is 6.61 Å². The van der Waals surface area contributed by atoms with E-state index in [1.807, 2.05) is 65.7 Å². The maximum atomic E-state index is 14.0. The number of hydrogen-bond acceptors (Lipinski definition) is 6. The first-order valence-electron chi connectivity index (χ1n) is 12.6. The number of methoxy groups -OCH3 is 1. The van der Waals surface area contributed by atoms with Crippen LogP contribution in [-0.4, -0.2) is 34.2 Å². The molecule has 1 unspecified atom stereocenters. The molecule has 1 aliphatic rings. The maximum absolute atomic E-state index is 14.0. The van der Waals surface area contributed by atoms with Crippen LogP contribution in [0, 0.1) is 0 Å². The molecule has 8 heteroatoms. The first kappa shape index (κ1) is 25.0. The fourth-order valence-electron chi connectivity index (χ4n) is 5.11. The Morgan fingerprint density at radius 1 is 1.11 bits per heavy atom. The lowest BCUT2D eigenvalue weighted by molar-refractivity contribution is -0.135. The number of hydrogen-bond donors (Lipinski definition) is 1. The molecule has 1 N–H and O–H groups in total. The highest BCUT2D eigenvalue weighted by molar-refractivity contribution is 7.09. The number of ether oxygens (including phenoxy) is 2. The average Bonchev–Trinajstić information content (AvgIpc) is 3.65. The Kier molecular flexibility index (Phi) is 7.55. The molecule has 37 heavy (non-hydrogen) atoms. The number of carbonyl (C=O) groups excluding carboxylic acids is 1. The summed E-state index contributed by atoms with van der Waals surface area (Å²) in [7, 11) is 1.63. The molecule has 1 aliphatic carbocycles. The van der Waals surface area contributed by atoms with Gasteiger partial charge in [-0.3, -0.25) is 9.59 Å². The molecule has 0 bridgehead atoms. The molecule has 7 nitrogen and oxygen atoms in total. The average molecular weight is 518 g/mol. The van der Waals surface area contributed by atoms with Crippen molar-refractivity contribution < 1.29 is 14.3 Å². The van der Waals surface area contributed by atoms with Crippen LogP contribution in [0.1, 0.15) is 54.7 Å². The van der Waals surface area contributed by atoms with E-state index in [0.717, 1.165) is 36.1 Å². The number of carbonyl (C=O) groups is 1. The van der Waals surface area contributed by atoms with Crippen molar-refractivity contribution in [3.8, 4) is 11.5 Å². The summed E-state index contributed by atoms with van der Waals surface area (Å²) in [5.41, 5.74) is 1.33. The van der Waals surface area contributed by atoms with Gasteiger partial charge >= 0.3 is 0 Å². The molecule has 0 saturated heterocycles. The summed E-state index contributed by atoms with van der Waals surface area (Å²) in [5.74, 6) is 0.827. The van der Waals surface area contributed by atoms with Crippen LogP contribution < -0.4 is 15.0 Å². The number of aromatic amines is 1. The standard InChI is InChI=1S/C29H31N3O4S/c1-19(27-23-11-5-6-12-24(23)28(33)31-30-27)29(34)32(21-8-3-4-9-21)17-20-13-14-25(35-2)26(16-20)36-18-22-10-7-15-37-22/h5-7,10-16,19,21H,3-4,8-9,17-18H2,1-2H3,(H,31,33). The molecule has 1 atom stereocenters. The van der Waals surface area contributed by atoms with Gasteiger partial charge in [0, 0.05) is 22.8 Å². The summed E-state index contributed by atoms with van der Waals surface area (Å²) >= 11 is 1.65. The van der Waals surface area contributed by atoms with Crippen LogP contribution in [-0.2, 0) is 17.9 Å². The first-order chi connectivity index (χ1) is 18.0. The van der Waals surface area contributed by atoms with E-state index in [-0.39, 0.29) is 17.5 Å². The Labute approximate surface area is 220 Å². The molecule has 4 aromatic rings. The summed E-state index contributed by atoms with van der Waals surface area (Å²) < 4.78 is 11.6. The van der Waals surface area contributed by atoms with Crippen molar-refractivity contribution in [2.45, 2.75) is 57.7 Å². The molecule has 1 saturated carbocycles. The van der Waals surface area contributed by atoms with Gasteiger partial charge in [0.05, 0.1) is 24.1 Å². The Morgan fingerprint density at radius 3 is 2.62 bits per heavy atom. The predicted octanol–water partition coefficient (Wildman–Crippen LogP) is 5.65. The van der Waals surface area contributed by atoms with E-state index in [0.29, 0.717) is 41.1 Å². The zero-order valence-electron chi connectivity index (χ0n) is 21.1. The Hall–Kier alpha value is -3.65. The zero-order chi connectivity index (χ0) is 25.8. The number of thiophene rings is 1. The minimum atomic E-state index is -0.504. The van der Waals surface area contributed by atoms with Crippen LogP contribution >= 0.6 is 11.3 Å². The van der Waals surface area contributed by atoms with E-state index in [1.54, 1.807) is 24.5 Å². The van der Waals surface area contributed by atoms with E-state index in [4.69, 9.17) is 9.47 Å². The van der Waals surface area contributed by atoms with Gasteiger partial charge in [0.2, 0.25) is 5.91 Å². The third-order valence-corrected chi connectivity index (χ3v) is 7.94. The van der Waals surface area contributed by atoms with Crippen LogP contribution in [0.4, 0.5) is 0 Å². The Bertz CT molecular complexity index is 1430. The second kappa shape index (κ2) is 11.2. The zero-order valence-corrected chi connectivity index (χ0v) is 21.9. The second-order valence-corrected chi connectivity index (χ2v) is 10.5. The maximum Gasteiger partial charge on any atom is 0.272 e. The van der Waals surface area contributed by atoms with E-state index in [9.17, 15) is 9.59 Å². The number of nitrogens with one attached hydrogen (secondary N) is 1. The summed E-state index contributed by atoms with van der Waals surface area (Å²) in [6.07, 6.45) is 4.19. The SMILES string of the molecule is COc1ccc(CN(C(=O)C(C)c2n[nH]c(=O)c3ccccc23)C2CCCC2)cc1OCc1cccs1. The van der Waals surface area contributed by atoms with Gasteiger partial charge < -0.3 is 14.4 Å². The van der Waals surface area contributed by atoms with Crippen LogP contribution in [0.5, 0.6) is 11.5 Å². The summed E-state index contributed by atoms with van der Waals surface area (Å²) in [4.78, 5) is 29.4. The number of H-pyrrole nitrogens is 1. The fraction of sp³-hybridized carbons (Fsp3) is 0.345. The van der Waals surface area contributed by atoms with Gasteiger partial charge in [-0.05, 0) is 55.0 Å². The van der Waals surface area contributed by atoms with Crippen LogP contribution in [0.25, 0.3) is 10.8 Å². The van der Waals surface area contributed by atoms with Gasteiger partial charge in [-0.15, -0.1) is 11.3 Å². The molecule has 2 aromatic heterocycles. The molecule has 1 amide bonds. The predicted molar refractivity (Wildman–Crippen MR) is 145 cm³/mol. The monoisotopic (exact) mass is 517 g/mol. The molecule has 5 rings (SSSR count). The number of nitrogens with zero attached hydrogens (tertiary/aromatic N) is 2. The van der Waals surface area contributed by atoms with Crippen molar-refractivity contribution in [1.82, 2.24) is 15.1 Å². The lowest BCUT2D eigenvalue weighted by Crippen LogP contribution is -2.41. The summed E-state index contributed by atoms with van der Waals surface area (Å²) in [5, 5.41) is 10.2. The quantitative estimate of drug-likeness (QED) is 0.310. The van der Waals surface area contributed by atoms with Crippen molar-refractivity contribution in [3.63, 3.8) is 0 Å². The number of benzene rings is 2. The van der Waals surface area contributed by atoms with Crippen LogP contribution in [0.15, 0.2) is 64.8 Å². The van der Waals surface area contributed by atoms with Gasteiger partial charge in [-0.1, -0.05) is 43.2 Å². The minimum absolute atomic E-state index is 0.00785. The fourth-order valence-corrected chi connectivity index (χ4v) is 5.72. The highest BCUT2D eigenvalue weighted by Crippen LogP contribution is 2.33. The Balaban J connectivity index is 1.43. The molecule has 1 fully saturated rings. The van der Waals surface area contributed by atoms with Crippen molar-refractivity contribution >= 4 is 28.0 Å². The molecule has 2 heterocycles. The van der Waals surface area contributed by atoms with Crippen molar-refractivity contribution in [3.05, 3.63) is 86.5 Å². The van der Waals surface area contributed by atoms with E-state index in [1.165, 1.54) is 0 Å². The number of amides is 1. The van der Waals surface area contributed by atoms with E-state index >= 15 is 0 Å². The molecule has 192 valence electrons. The van der Waals surface area contributed by atoms with Crippen molar-refractivity contribution in [2.75, 3.05) is 7.11 Å². The largest absolute Gasteiger partial charge is 0.493 e. The number of rotatable bonds is 9. The molecule has 0 spiro atoms. The highest BCUT2D eigenvalue weighted by atomic mass is 32.1. The van der Waals surface area contributed by atoms with E-state index in [2.05, 4.69) is 10.2 Å². The molecule has 0 aliphatic heterocycles. The lowest BCUT2D eigenvalue weighted by atomic mass is 9.98. The molecule has 0 radical (unpaired) electrons. The third-order valence-electron chi connectivity index (χ3n) is 7.09. The summed E-state index contributed by atoms with van der Waals surface area (Å²) in [6.45, 7) is 2.81. The number of fused-ring (bicyclic) bond motifs is 1. The highest BCUT2D eigenvalue weighted by Gasteiger charge is 2.32. The van der Waals surface area contributed by atoms with Crippen LogP contribution in [0.2, 0.25) is 0 Å². The van der Waals surface area contributed by atoms with Gasteiger partial charge in [0.25, 0.3) is 5.56 Å². The topological polar surface area (TPSA) is 84.5 Å². The van der Waals surface area contributed by atoms with Crippen LogP contribution in [0.3, 0.4) is 0 Å². The normalized spacial score (nSPS) is 14.5. The summed E-state index contributed by atoms with van der Waals surface area (Å²) in [6, 6.07) is 17.4. The first-order valence-corrected chi connectivity index (χ1v) is 13.5. The third kappa shape index (κ3) is 5.39. The van der Waals surface area contributed by atoms with Gasteiger partial charge in [0.15, 0.2) is 11.5 Å².